The van der Waals surface area contributed by atoms with Gasteiger partial charge in [0.1, 0.15) is 6.54 Å². The Kier molecular flexibility index (Phi) is 5.56. The van der Waals surface area contributed by atoms with Gasteiger partial charge in [0.05, 0.1) is 5.54 Å². The van der Waals surface area contributed by atoms with Crippen molar-refractivity contribution in [3.63, 3.8) is 0 Å². The fourth-order valence-electron chi connectivity index (χ4n) is 5.47. The number of likely N-dealkylation sites (N-methyl/N-ethyl adjacent to an activating group) is 1. The Hall–Kier alpha value is -2.08. The van der Waals surface area contributed by atoms with E-state index in [4.69, 9.17) is 0 Å². The van der Waals surface area contributed by atoms with E-state index in [1.54, 1.807) is 11.9 Å². The van der Waals surface area contributed by atoms with Crippen LogP contribution in [0.1, 0.15) is 50.5 Å². The van der Waals surface area contributed by atoms with Gasteiger partial charge < -0.3 is 20.4 Å². The highest BCUT2D eigenvalue weighted by molar-refractivity contribution is 5.85. The van der Waals surface area contributed by atoms with E-state index in [2.05, 4.69) is 52.9 Å². The van der Waals surface area contributed by atoms with Crippen molar-refractivity contribution >= 4 is 11.9 Å². The van der Waals surface area contributed by atoms with Gasteiger partial charge in [0.25, 0.3) is 0 Å². The van der Waals surface area contributed by atoms with Crippen LogP contribution in [-0.2, 0) is 10.3 Å². The average molecular weight is 399 g/mol. The zero-order chi connectivity index (χ0) is 20.5. The van der Waals surface area contributed by atoms with Crippen LogP contribution >= 0.6 is 0 Å². The van der Waals surface area contributed by atoms with E-state index in [1.807, 2.05) is 0 Å². The van der Waals surface area contributed by atoms with Crippen LogP contribution in [-0.4, -0.2) is 61.0 Å². The zero-order valence-electron chi connectivity index (χ0n) is 17.7. The van der Waals surface area contributed by atoms with Gasteiger partial charge >= 0.3 is 6.03 Å². The largest absolute Gasteiger partial charge is 0.358 e. The van der Waals surface area contributed by atoms with Gasteiger partial charge in [0.2, 0.25) is 5.91 Å². The summed E-state index contributed by atoms with van der Waals surface area (Å²) < 4.78 is 0. The molecule has 0 bridgehead atoms. The van der Waals surface area contributed by atoms with Crippen LogP contribution < -0.4 is 10.6 Å². The summed E-state index contributed by atoms with van der Waals surface area (Å²) in [5.74, 6) is 0.532. The highest BCUT2D eigenvalue weighted by Crippen LogP contribution is 2.47. The zero-order valence-corrected chi connectivity index (χ0v) is 17.7. The normalized spacial score (nSPS) is 29.9. The molecule has 4 rings (SSSR count). The number of urea groups is 1. The van der Waals surface area contributed by atoms with E-state index in [0.717, 1.165) is 32.2 Å². The minimum atomic E-state index is -0.143. The molecule has 29 heavy (non-hydrogen) atoms. The van der Waals surface area contributed by atoms with Gasteiger partial charge in [0, 0.05) is 25.7 Å². The van der Waals surface area contributed by atoms with E-state index in [-0.39, 0.29) is 29.6 Å². The summed E-state index contributed by atoms with van der Waals surface area (Å²) in [6.07, 6.45) is 7.64. The second-order valence-electron chi connectivity index (χ2n) is 9.14. The van der Waals surface area contributed by atoms with Crippen LogP contribution in [0, 0.1) is 5.92 Å². The molecule has 0 unspecified atom stereocenters. The van der Waals surface area contributed by atoms with Crippen molar-refractivity contribution in [3.05, 3.63) is 35.9 Å². The molecule has 0 atom stereocenters. The van der Waals surface area contributed by atoms with Crippen LogP contribution in [0.2, 0.25) is 0 Å². The number of amides is 3. The Bertz CT molecular complexity index is 739. The molecule has 1 spiro atoms. The van der Waals surface area contributed by atoms with Crippen molar-refractivity contribution in [2.24, 2.45) is 5.92 Å². The molecule has 6 nitrogen and oxygen atoms in total. The molecular weight excluding hydrogens is 364 g/mol. The number of rotatable bonds is 6. The summed E-state index contributed by atoms with van der Waals surface area (Å²) >= 11 is 0. The molecule has 3 fully saturated rings. The maximum atomic E-state index is 13.3. The van der Waals surface area contributed by atoms with Crippen molar-refractivity contribution in [2.75, 3.05) is 33.7 Å². The summed E-state index contributed by atoms with van der Waals surface area (Å²) in [6.45, 7) is 1.68. The lowest BCUT2D eigenvalue weighted by Gasteiger charge is -2.49. The molecule has 2 N–H and O–H groups in total. The fraction of sp³-hybridized carbons (Fsp3) is 0.652. The fourth-order valence-corrected chi connectivity index (χ4v) is 5.47. The number of carbonyl (C=O) groups is 2. The lowest BCUT2D eigenvalue weighted by atomic mass is 9.68. The maximum Gasteiger partial charge on any atom is 0.321 e. The molecule has 3 aliphatic rings. The lowest BCUT2D eigenvalue weighted by Crippen LogP contribution is -2.56. The first-order valence-electron chi connectivity index (χ1n) is 11.0. The third-order valence-corrected chi connectivity index (χ3v) is 7.68. The van der Waals surface area contributed by atoms with Crippen LogP contribution in [0.4, 0.5) is 4.79 Å². The highest BCUT2D eigenvalue weighted by atomic mass is 16.2. The molecule has 1 aliphatic heterocycles. The predicted molar refractivity (Wildman–Crippen MR) is 113 cm³/mol. The van der Waals surface area contributed by atoms with Gasteiger partial charge in [-0.15, -0.1) is 0 Å². The van der Waals surface area contributed by atoms with Crippen molar-refractivity contribution in [1.82, 2.24) is 20.4 Å². The molecule has 0 radical (unpaired) electrons. The average Bonchev–Trinajstić information content (AvgIpc) is 2.97. The molecule has 0 aromatic heterocycles. The van der Waals surface area contributed by atoms with Crippen molar-refractivity contribution in [3.8, 4) is 0 Å². The number of benzene rings is 1. The summed E-state index contributed by atoms with van der Waals surface area (Å²) in [4.78, 5) is 29.2. The van der Waals surface area contributed by atoms with Crippen molar-refractivity contribution in [2.45, 2.75) is 56.0 Å². The number of carbonyl (C=O) groups excluding carboxylic acids is 2. The third-order valence-electron chi connectivity index (χ3n) is 7.68. The van der Waals surface area contributed by atoms with Crippen LogP contribution in [0.3, 0.4) is 0 Å². The molecular formula is C23H34N4O2. The highest BCUT2D eigenvalue weighted by Gasteiger charge is 2.54. The molecule has 3 amide bonds. The van der Waals surface area contributed by atoms with Gasteiger partial charge in [-0.3, -0.25) is 4.79 Å². The number of nitrogens with zero attached hydrogens (tertiary/aromatic N) is 2. The smallest absolute Gasteiger partial charge is 0.321 e. The molecule has 6 heteroatoms. The van der Waals surface area contributed by atoms with E-state index in [1.165, 1.54) is 24.8 Å². The van der Waals surface area contributed by atoms with Gasteiger partial charge in [-0.05, 0) is 57.1 Å². The quantitative estimate of drug-likeness (QED) is 0.774. The molecule has 1 aromatic carbocycles. The minimum Gasteiger partial charge on any atom is -0.358 e. The summed E-state index contributed by atoms with van der Waals surface area (Å²) in [7, 11) is 3.68. The Balaban J connectivity index is 1.55. The molecule has 158 valence electrons. The van der Waals surface area contributed by atoms with E-state index in [9.17, 15) is 9.59 Å². The predicted octanol–water partition coefficient (Wildman–Crippen LogP) is 2.70. The Morgan fingerprint density at radius 2 is 1.79 bits per heavy atom. The molecule has 1 heterocycles. The van der Waals surface area contributed by atoms with Gasteiger partial charge in [-0.1, -0.05) is 36.8 Å². The first kappa shape index (κ1) is 20.2. The standard InChI is InChI=1S/C23H34N4O2/c1-24-20(28)16-26-17-22(27(21(26)29)15-18-7-6-8-18)11-13-23(25-2,14-12-22)19-9-4-3-5-10-19/h3-5,9-10,18,25H,6-8,11-17H2,1-2H3,(H,24,28). The van der Waals surface area contributed by atoms with Crippen LogP contribution in [0.25, 0.3) is 0 Å². The molecule has 2 saturated carbocycles. The first-order valence-corrected chi connectivity index (χ1v) is 11.0. The Morgan fingerprint density at radius 1 is 1.10 bits per heavy atom. The Labute approximate surface area is 174 Å². The molecule has 2 aliphatic carbocycles. The Morgan fingerprint density at radius 3 is 2.34 bits per heavy atom. The van der Waals surface area contributed by atoms with Crippen LogP contribution in [0.5, 0.6) is 0 Å². The monoisotopic (exact) mass is 398 g/mol. The minimum absolute atomic E-state index is 0.0358. The van der Waals surface area contributed by atoms with Crippen LogP contribution in [0.15, 0.2) is 30.3 Å². The summed E-state index contributed by atoms with van der Waals surface area (Å²) in [6, 6.07) is 10.7. The van der Waals surface area contributed by atoms with Crippen molar-refractivity contribution in [1.29, 1.82) is 0 Å². The van der Waals surface area contributed by atoms with E-state index < -0.39 is 0 Å². The second-order valence-corrected chi connectivity index (χ2v) is 9.14. The van der Waals surface area contributed by atoms with Gasteiger partial charge in [-0.2, -0.15) is 0 Å². The second kappa shape index (κ2) is 7.98. The number of nitrogens with one attached hydrogen (secondary N) is 2. The van der Waals surface area contributed by atoms with Crippen molar-refractivity contribution < 1.29 is 9.59 Å². The molecule has 1 saturated heterocycles. The lowest BCUT2D eigenvalue weighted by molar-refractivity contribution is -0.121. The summed E-state index contributed by atoms with van der Waals surface area (Å²) in [5, 5.41) is 6.26. The summed E-state index contributed by atoms with van der Waals surface area (Å²) in [5.41, 5.74) is 1.15. The van der Waals surface area contributed by atoms with E-state index in [0.29, 0.717) is 12.5 Å². The number of hydrogen-bond donors (Lipinski definition) is 2. The first-order chi connectivity index (χ1) is 14.0. The maximum absolute atomic E-state index is 13.3. The van der Waals surface area contributed by atoms with E-state index >= 15 is 0 Å². The SMILES string of the molecule is CNC(=O)CN1CC2(CCC(NC)(c3ccccc3)CC2)N(CC2CCC2)C1=O. The third kappa shape index (κ3) is 3.63. The number of hydrogen-bond acceptors (Lipinski definition) is 3. The topological polar surface area (TPSA) is 64.7 Å². The molecule has 1 aromatic rings. The van der Waals surface area contributed by atoms with Gasteiger partial charge in [-0.25, -0.2) is 4.79 Å². The van der Waals surface area contributed by atoms with Gasteiger partial charge in [0.15, 0.2) is 0 Å².